The molecule has 0 N–H and O–H groups in total. The standard InChI is InChI=1S/C14H19BrO3/c1-10(17-2)4-6-13(16)9-11-8-12(15)5-7-14(11)18-3/h5,7-8,10H,4,6,9H2,1-3H3. The summed E-state index contributed by atoms with van der Waals surface area (Å²) in [5.74, 6) is 0.960. The van der Waals surface area contributed by atoms with E-state index in [1.54, 1.807) is 14.2 Å². The van der Waals surface area contributed by atoms with E-state index in [0.717, 1.165) is 22.2 Å². The van der Waals surface area contributed by atoms with Crippen LogP contribution in [-0.2, 0) is 16.0 Å². The summed E-state index contributed by atoms with van der Waals surface area (Å²) in [6, 6.07) is 5.70. The molecule has 100 valence electrons. The molecule has 0 bridgehead atoms. The highest BCUT2D eigenvalue weighted by molar-refractivity contribution is 9.10. The van der Waals surface area contributed by atoms with Gasteiger partial charge in [0.05, 0.1) is 13.2 Å². The van der Waals surface area contributed by atoms with Crippen LogP contribution in [0, 0.1) is 0 Å². The maximum absolute atomic E-state index is 11.9. The summed E-state index contributed by atoms with van der Waals surface area (Å²) in [4.78, 5) is 11.9. The summed E-state index contributed by atoms with van der Waals surface area (Å²) >= 11 is 3.40. The maximum atomic E-state index is 11.9. The Morgan fingerprint density at radius 1 is 1.39 bits per heavy atom. The van der Waals surface area contributed by atoms with Gasteiger partial charge in [0.25, 0.3) is 0 Å². The van der Waals surface area contributed by atoms with Gasteiger partial charge in [0.1, 0.15) is 11.5 Å². The molecule has 18 heavy (non-hydrogen) atoms. The molecule has 1 atom stereocenters. The fourth-order valence-corrected chi connectivity index (χ4v) is 2.08. The van der Waals surface area contributed by atoms with E-state index in [2.05, 4.69) is 15.9 Å². The average Bonchev–Trinajstić information content (AvgIpc) is 2.36. The molecule has 1 rings (SSSR count). The van der Waals surface area contributed by atoms with E-state index in [4.69, 9.17) is 9.47 Å². The molecule has 0 fully saturated rings. The molecule has 0 spiro atoms. The predicted molar refractivity (Wildman–Crippen MR) is 75.1 cm³/mol. The van der Waals surface area contributed by atoms with Crippen LogP contribution in [-0.4, -0.2) is 26.1 Å². The minimum Gasteiger partial charge on any atom is -0.496 e. The SMILES string of the molecule is COc1ccc(Br)cc1CC(=O)CCC(C)OC. The van der Waals surface area contributed by atoms with Crippen LogP contribution in [0.5, 0.6) is 5.75 Å². The van der Waals surface area contributed by atoms with Gasteiger partial charge in [-0.1, -0.05) is 15.9 Å². The van der Waals surface area contributed by atoms with Crippen LogP contribution in [0.2, 0.25) is 0 Å². The molecule has 3 nitrogen and oxygen atoms in total. The molecule has 0 aromatic heterocycles. The smallest absolute Gasteiger partial charge is 0.137 e. The lowest BCUT2D eigenvalue weighted by Crippen LogP contribution is -2.10. The third-order valence-corrected chi connectivity index (χ3v) is 3.36. The molecule has 0 saturated carbocycles. The number of carbonyl (C=O) groups excluding carboxylic acids is 1. The summed E-state index contributed by atoms with van der Waals surface area (Å²) in [5, 5.41) is 0. The minimum absolute atomic E-state index is 0.123. The molecule has 0 aliphatic carbocycles. The Hall–Kier alpha value is -0.870. The fourth-order valence-electron chi connectivity index (χ4n) is 1.67. The lowest BCUT2D eigenvalue weighted by Gasteiger charge is -2.10. The number of benzene rings is 1. The van der Waals surface area contributed by atoms with Gasteiger partial charge in [0.15, 0.2) is 0 Å². The van der Waals surface area contributed by atoms with Crippen LogP contribution in [0.15, 0.2) is 22.7 Å². The van der Waals surface area contributed by atoms with Crippen molar-refractivity contribution in [1.82, 2.24) is 0 Å². The quantitative estimate of drug-likeness (QED) is 0.774. The van der Waals surface area contributed by atoms with E-state index in [1.165, 1.54) is 0 Å². The molecular formula is C14H19BrO3. The second-order valence-corrected chi connectivity index (χ2v) is 5.17. The molecule has 0 heterocycles. The molecule has 1 unspecified atom stereocenters. The molecule has 4 heteroatoms. The number of ether oxygens (including phenoxy) is 2. The molecule has 0 saturated heterocycles. The number of ketones is 1. The topological polar surface area (TPSA) is 35.5 Å². The van der Waals surface area contributed by atoms with Gasteiger partial charge in [-0.15, -0.1) is 0 Å². The van der Waals surface area contributed by atoms with Crippen LogP contribution in [0.4, 0.5) is 0 Å². The summed E-state index contributed by atoms with van der Waals surface area (Å²) < 4.78 is 11.3. The highest BCUT2D eigenvalue weighted by atomic mass is 79.9. The Kier molecular flexibility index (Phi) is 6.36. The monoisotopic (exact) mass is 314 g/mol. The number of methoxy groups -OCH3 is 2. The first-order chi connectivity index (χ1) is 8.56. The average molecular weight is 315 g/mol. The number of Topliss-reactive ketones (excluding diaryl/α,β-unsaturated/α-hetero) is 1. The summed E-state index contributed by atoms with van der Waals surface area (Å²) in [5.41, 5.74) is 0.918. The molecule has 1 aromatic rings. The molecule has 0 aliphatic heterocycles. The van der Waals surface area contributed by atoms with E-state index in [-0.39, 0.29) is 11.9 Å². The van der Waals surface area contributed by atoms with Crippen molar-refractivity contribution >= 4 is 21.7 Å². The third-order valence-electron chi connectivity index (χ3n) is 2.86. The van der Waals surface area contributed by atoms with Crippen LogP contribution in [0.3, 0.4) is 0 Å². The summed E-state index contributed by atoms with van der Waals surface area (Å²) in [6.07, 6.45) is 1.81. The summed E-state index contributed by atoms with van der Waals surface area (Å²) in [6.45, 7) is 1.97. The molecule has 0 amide bonds. The van der Waals surface area contributed by atoms with Gasteiger partial charge < -0.3 is 9.47 Å². The van der Waals surface area contributed by atoms with Crippen LogP contribution in [0.1, 0.15) is 25.3 Å². The number of rotatable bonds is 7. The normalized spacial score (nSPS) is 12.2. The summed E-state index contributed by atoms with van der Waals surface area (Å²) in [7, 11) is 3.27. The largest absolute Gasteiger partial charge is 0.496 e. The van der Waals surface area contributed by atoms with E-state index >= 15 is 0 Å². The van der Waals surface area contributed by atoms with Crippen LogP contribution in [0.25, 0.3) is 0 Å². The lowest BCUT2D eigenvalue weighted by atomic mass is 10.0. The zero-order valence-electron chi connectivity index (χ0n) is 11.0. The Balaban J connectivity index is 2.61. The zero-order valence-corrected chi connectivity index (χ0v) is 12.6. The Morgan fingerprint density at radius 2 is 2.11 bits per heavy atom. The highest BCUT2D eigenvalue weighted by Gasteiger charge is 2.11. The third kappa shape index (κ3) is 4.78. The second-order valence-electron chi connectivity index (χ2n) is 4.26. The molecular weight excluding hydrogens is 296 g/mol. The Morgan fingerprint density at radius 3 is 2.72 bits per heavy atom. The van der Waals surface area contributed by atoms with Crippen molar-refractivity contribution in [2.24, 2.45) is 0 Å². The second kappa shape index (κ2) is 7.54. The van der Waals surface area contributed by atoms with Gasteiger partial charge in [-0.25, -0.2) is 0 Å². The van der Waals surface area contributed by atoms with Crippen molar-refractivity contribution in [3.05, 3.63) is 28.2 Å². The van der Waals surface area contributed by atoms with Gasteiger partial charge in [-0.05, 0) is 31.5 Å². The van der Waals surface area contributed by atoms with Gasteiger partial charge in [-0.3, -0.25) is 4.79 Å². The predicted octanol–water partition coefficient (Wildman–Crippen LogP) is 3.38. The minimum atomic E-state index is 0.123. The van der Waals surface area contributed by atoms with Crippen LogP contribution < -0.4 is 4.74 Å². The Bertz CT molecular complexity index is 404. The first kappa shape index (κ1) is 15.2. The first-order valence-electron chi connectivity index (χ1n) is 5.93. The van der Waals surface area contributed by atoms with E-state index < -0.39 is 0 Å². The van der Waals surface area contributed by atoms with Gasteiger partial charge in [0.2, 0.25) is 0 Å². The van der Waals surface area contributed by atoms with Gasteiger partial charge in [-0.2, -0.15) is 0 Å². The number of carbonyl (C=O) groups is 1. The van der Waals surface area contributed by atoms with Crippen molar-refractivity contribution in [3.63, 3.8) is 0 Å². The number of hydrogen-bond acceptors (Lipinski definition) is 3. The fraction of sp³-hybridized carbons (Fsp3) is 0.500. The van der Waals surface area contributed by atoms with Gasteiger partial charge >= 0.3 is 0 Å². The first-order valence-corrected chi connectivity index (χ1v) is 6.73. The van der Waals surface area contributed by atoms with E-state index in [1.807, 2.05) is 25.1 Å². The van der Waals surface area contributed by atoms with Crippen molar-refractivity contribution in [3.8, 4) is 5.75 Å². The number of hydrogen-bond donors (Lipinski definition) is 0. The zero-order chi connectivity index (χ0) is 13.5. The molecule has 1 aromatic carbocycles. The molecule has 0 radical (unpaired) electrons. The lowest BCUT2D eigenvalue weighted by molar-refractivity contribution is -0.119. The Labute approximate surface area is 117 Å². The van der Waals surface area contributed by atoms with E-state index in [0.29, 0.717) is 12.8 Å². The van der Waals surface area contributed by atoms with Crippen molar-refractivity contribution < 1.29 is 14.3 Å². The van der Waals surface area contributed by atoms with Crippen molar-refractivity contribution in [2.75, 3.05) is 14.2 Å². The molecule has 0 aliphatic rings. The highest BCUT2D eigenvalue weighted by Crippen LogP contribution is 2.24. The number of halogens is 1. The van der Waals surface area contributed by atoms with Crippen LogP contribution >= 0.6 is 15.9 Å². The van der Waals surface area contributed by atoms with Crippen molar-refractivity contribution in [1.29, 1.82) is 0 Å². The maximum Gasteiger partial charge on any atom is 0.137 e. The van der Waals surface area contributed by atoms with E-state index in [9.17, 15) is 4.79 Å². The van der Waals surface area contributed by atoms with Crippen molar-refractivity contribution in [2.45, 2.75) is 32.3 Å². The van der Waals surface area contributed by atoms with Gasteiger partial charge in [0, 0.05) is 30.0 Å².